The van der Waals surface area contributed by atoms with Crippen molar-refractivity contribution in [3.8, 4) is 0 Å². The average Bonchev–Trinajstić information content (AvgIpc) is 2.88. The van der Waals surface area contributed by atoms with Crippen LogP contribution < -0.4 is 0 Å². The molecular weight excluding hydrogens is 312 g/mol. The molecule has 23 heavy (non-hydrogen) atoms. The molecule has 0 N–H and O–H groups in total. The molecule has 0 spiro atoms. The predicted molar refractivity (Wildman–Crippen MR) is 87.0 cm³/mol. The molecule has 2 aliphatic rings. The molecule has 1 aliphatic heterocycles. The molecule has 1 fully saturated rings. The summed E-state index contributed by atoms with van der Waals surface area (Å²) < 4.78 is 2.05. The first-order valence-electron chi connectivity index (χ1n) is 8.11. The molecule has 0 saturated heterocycles. The maximum Gasteiger partial charge on any atom is 0.246 e. The van der Waals surface area contributed by atoms with Gasteiger partial charge in [0.1, 0.15) is 11.9 Å². The molecule has 0 unspecified atom stereocenters. The standard InChI is InChI=1S/C17H19ClN4O/c1-11-17(23)21(9-13-5-2-3-8-14(13)18)10-15-19-20-16(22(11)15)12-6-4-7-12/h2-3,5,8,11-12H,4,6-7,9-10H2,1H3/t11-/m0/s1. The summed E-state index contributed by atoms with van der Waals surface area (Å²) >= 11 is 6.23. The second-order valence-corrected chi connectivity index (χ2v) is 6.84. The van der Waals surface area contributed by atoms with E-state index in [1.165, 1.54) is 6.42 Å². The van der Waals surface area contributed by atoms with E-state index in [1.807, 2.05) is 36.1 Å². The first kappa shape index (κ1) is 14.7. The lowest BCUT2D eigenvalue weighted by atomic mass is 9.84. The van der Waals surface area contributed by atoms with Crippen LogP contribution in [0.1, 0.15) is 55.4 Å². The van der Waals surface area contributed by atoms with Crippen molar-refractivity contribution in [3.63, 3.8) is 0 Å². The molecule has 2 heterocycles. The van der Waals surface area contributed by atoms with Gasteiger partial charge in [-0.25, -0.2) is 0 Å². The number of fused-ring (bicyclic) bond motifs is 1. The quantitative estimate of drug-likeness (QED) is 0.867. The maximum absolute atomic E-state index is 12.8. The third-order valence-corrected chi connectivity index (χ3v) is 5.34. The van der Waals surface area contributed by atoms with E-state index in [1.54, 1.807) is 0 Å². The van der Waals surface area contributed by atoms with Gasteiger partial charge in [-0.05, 0) is 31.4 Å². The van der Waals surface area contributed by atoms with Crippen LogP contribution in [0.25, 0.3) is 0 Å². The fraction of sp³-hybridized carbons (Fsp3) is 0.471. The van der Waals surface area contributed by atoms with E-state index < -0.39 is 0 Å². The van der Waals surface area contributed by atoms with Gasteiger partial charge in [0.2, 0.25) is 5.91 Å². The highest BCUT2D eigenvalue weighted by Gasteiger charge is 2.36. The zero-order valence-corrected chi connectivity index (χ0v) is 13.8. The van der Waals surface area contributed by atoms with E-state index in [2.05, 4.69) is 14.8 Å². The lowest BCUT2D eigenvalue weighted by Gasteiger charge is -2.34. The van der Waals surface area contributed by atoms with Crippen molar-refractivity contribution in [2.45, 2.75) is 51.2 Å². The van der Waals surface area contributed by atoms with Gasteiger partial charge in [-0.1, -0.05) is 36.2 Å². The number of hydrogen-bond acceptors (Lipinski definition) is 3. The third-order valence-electron chi connectivity index (χ3n) is 4.97. The number of amides is 1. The normalized spacial score (nSPS) is 21.2. The summed E-state index contributed by atoms with van der Waals surface area (Å²) in [6, 6.07) is 7.40. The number of hydrogen-bond donors (Lipinski definition) is 0. The van der Waals surface area contributed by atoms with E-state index in [4.69, 9.17) is 11.6 Å². The predicted octanol–water partition coefficient (Wildman–Crippen LogP) is 3.30. The largest absolute Gasteiger partial charge is 0.329 e. The Morgan fingerprint density at radius 1 is 1.26 bits per heavy atom. The number of carbonyl (C=O) groups is 1. The molecule has 2 aromatic rings. The Morgan fingerprint density at radius 3 is 2.74 bits per heavy atom. The Kier molecular flexibility index (Phi) is 3.60. The molecule has 1 amide bonds. The van der Waals surface area contributed by atoms with Crippen molar-refractivity contribution in [2.24, 2.45) is 0 Å². The van der Waals surface area contributed by atoms with Crippen LogP contribution in [0.4, 0.5) is 0 Å². The summed E-state index contributed by atoms with van der Waals surface area (Å²) in [7, 11) is 0. The Hall–Kier alpha value is -1.88. The molecule has 6 heteroatoms. The topological polar surface area (TPSA) is 51.0 Å². The van der Waals surface area contributed by atoms with E-state index >= 15 is 0 Å². The van der Waals surface area contributed by atoms with Gasteiger partial charge in [0.15, 0.2) is 5.82 Å². The van der Waals surface area contributed by atoms with Gasteiger partial charge in [0.25, 0.3) is 0 Å². The Labute approximate surface area is 140 Å². The molecule has 1 aliphatic carbocycles. The van der Waals surface area contributed by atoms with Crippen molar-refractivity contribution in [1.82, 2.24) is 19.7 Å². The molecule has 1 aromatic carbocycles. The van der Waals surface area contributed by atoms with E-state index in [0.717, 1.165) is 30.1 Å². The number of benzene rings is 1. The summed E-state index contributed by atoms with van der Waals surface area (Å²) in [5, 5.41) is 9.41. The number of aromatic nitrogens is 3. The van der Waals surface area contributed by atoms with Gasteiger partial charge in [0.05, 0.1) is 6.54 Å². The number of nitrogens with zero attached hydrogens (tertiary/aromatic N) is 4. The van der Waals surface area contributed by atoms with Crippen LogP contribution in [-0.4, -0.2) is 25.6 Å². The molecule has 0 radical (unpaired) electrons. The average molecular weight is 331 g/mol. The monoisotopic (exact) mass is 330 g/mol. The minimum atomic E-state index is -0.244. The van der Waals surface area contributed by atoms with Crippen LogP contribution in [0.15, 0.2) is 24.3 Å². The lowest BCUT2D eigenvalue weighted by Crippen LogP contribution is -2.42. The highest BCUT2D eigenvalue weighted by Crippen LogP contribution is 2.38. The minimum Gasteiger partial charge on any atom is -0.329 e. The molecule has 1 atom stereocenters. The molecular formula is C17H19ClN4O. The van der Waals surface area contributed by atoms with Crippen LogP contribution in [0.3, 0.4) is 0 Å². The van der Waals surface area contributed by atoms with Gasteiger partial charge in [-0.2, -0.15) is 0 Å². The summed E-state index contributed by atoms with van der Waals surface area (Å²) in [6.45, 7) is 2.94. The molecule has 4 rings (SSSR count). The SMILES string of the molecule is C[C@H]1C(=O)N(Cc2ccccc2Cl)Cc2nnc(C3CCC3)n21. The van der Waals surface area contributed by atoms with Gasteiger partial charge in [-0.15, -0.1) is 10.2 Å². The van der Waals surface area contributed by atoms with Crippen molar-refractivity contribution in [3.05, 3.63) is 46.5 Å². The third kappa shape index (κ3) is 2.43. The lowest BCUT2D eigenvalue weighted by molar-refractivity contribution is -0.137. The van der Waals surface area contributed by atoms with Gasteiger partial charge in [0, 0.05) is 17.5 Å². The summed E-state index contributed by atoms with van der Waals surface area (Å²) in [5.41, 5.74) is 0.960. The van der Waals surface area contributed by atoms with Crippen molar-refractivity contribution < 1.29 is 4.79 Å². The van der Waals surface area contributed by atoms with Crippen LogP contribution in [-0.2, 0) is 17.9 Å². The summed E-state index contributed by atoms with van der Waals surface area (Å²) in [6.07, 6.45) is 3.55. The van der Waals surface area contributed by atoms with Gasteiger partial charge >= 0.3 is 0 Å². The Morgan fingerprint density at radius 2 is 2.04 bits per heavy atom. The molecule has 1 saturated carbocycles. The first-order valence-corrected chi connectivity index (χ1v) is 8.49. The fourth-order valence-electron chi connectivity index (χ4n) is 3.40. The van der Waals surface area contributed by atoms with E-state index in [9.17, 15) is 4.79 Å². The summed E-state index contributed by atoms with van der Waals surface area (Å²) in [5.74, 6) is 2.45. The zero-order valence-electron chi connectivity index (χ0n) is 13.1. The molecule has 1 aromatic heterocycles. The zero-order chi connectivity index (χ0) is 16.0. The van der Waals surface area contributed by atoms with Crippen LogP contribution >= 0.6 is 11.6 Å². The maximum atomic E-state index is 12.8. The summed E-state index contributed by atoms with van der Waals surface area (Å²) in [4.78, 5) is 14.6. The molecule has 5 nitrogen and oxygen atoms in total. The minimum absolute atomic E-state index is 0.109. The van der Waals surface area contributed by atoms with Crippen LogP contribution in [0.2, 0.25) is 5.02 Å². The van der Waals surface area contributed by atoms with E-state index in [0.29, 0.717) is 24.0 Å². The second kappa shape index (κ2) is 5.64. The second-order valence-electron chi connectivity index (χ2n) is 6.43. The highest BCUT2D eigenvalue weighted by molar-refractivity contribution is 6.31. The van der Waals surface area contributed by atoms with Gasteiger partial charge in [-0.3, -0.25) is 4.79 Å². The molecule has 0 bridgehead atoms. The van der Waals surface area contributed by atoms with Crippen LogP contribution in [0, 0.1) is 0 Å². The smallest absolute Gasteiger partial charge is 0.246 e. The number of carbonyl (C=O) groups excluding carboxylic acids is 1. The van der Waals surface area contributed by atoms with Crippen molar-refractivity contribution >= 4 is 17.5 Å². The number of halogens is 1. The first-order chi connectivity index (χ1) is 11.1. The van der Waals surface area contributed by atoms with E-state index in [-0.39, 0.29) is 11.9 Å². The van der Waals surface area contributed by atoms with Crippen molar-refractivity contribution in [1.29, 1.82) is 0 Å². The fourth-order valence-corrected chi connectivity index (χ4v) is 3.60. The van der Waals surface area contributed by atoms with Crippen LogP contribution in [0.5, 0.6) is 0 Å². The highest BCUT2D eigenvalue weighted by atomic mass is 35.5. The van der Waals surface area contributed by atoms with Crippen molar-refractivity contribution in [2.75, 3.05) is 0 Å². The number of rotatable bonds is 3. The Bertz CT molecular complexity index is 753. The molecule has 120 valence electrons. The Balaban J connectivity index is 1.62. The van der Waals surface area contributed by atoms with Gasteiger partial charge < -0.3 is 9.47 Å².